The van der Waals surface area contributed by atoms with Crippen molar-refractivity contribution in [2.24, 2.45) is 5.92 Å². The van der Waals surface area contributed by atoms with Crippen LogP contribution in [0.2, 0.25) is 0 Å². The van der Waals surface area contributed by atoms with Crippen LogP contribution in [0.4, 0.5) is 11.8 Å². The van der Waals surface area contributed by atoms with E-state index in [1.54, 1.807) is 11.3 Å². The van der Waals surface area contributed by atoms with E-state index in [9.17, 15) is 5.11 Å². The highest BCUT2D eigenvalue weighted by Gasteiger charge is 2.35. The monoisotopic (exact) mass is 292 g/mol. The Morgan fingerprint density at radius 3 is 3.15 bits per heavy atom. The quantitative estimate of drug-likeness (QED) is 0.810. The van der Waals surface area contributed by atoms with Gasteiger partial charge in [-0.15, -0.1) is 11.3 Å². The van der Waals surface area contributed by atoms with Gasteiger partial charge in [-0.3, -0.25) is 0 Å². The van der Waals surface area contributed by atoms with E-state index >= 15 is 0 Å². The van der Waals surface area contributed by atoms with Gasteiger partial charge in [-0.05, 0) is 30.2 Å². The maximum Gasteiger partial charge on any atom is 0.223 e. The summed E-state index contributed by atoms with van der Waals surface area (Å²) in [4.78, 5) is 9.46. The zero-order valence-corrected chi connectivity index (χ0v) is 12.4. The van der Waals surface area contributed by atoms with Gasteiger partial charge in [-0.25, -0.2) is 4.98 Å². The number of thiophene rings is 1. The number of nitrogens with zero attached hydrogens (tertiary/aromatic N) is 2. The molecule has 0 amide bonds. The molecule has 0 bridgehead atoms. The standard InChI is InChI=1S/C14H20N4OS/c1-9-3-2-5-14(7-9,8-19)18-11-10-4-6-20-12(10)17-13(15)16-11/h4,6,9,19H,2-3,5,7-8H2,1H3,(H3,15,16,17,18). The molecule has 0 spiro atoms. The molecule has 0 aliphatic heterocycles. The van der Waals surface area contributed by atoms with Crippen molar-refractivity contribution >= 4 is 33.3 Å². The number of aliphatic hydroxyl groups excluding tert-OH is 1. The van der Waals surface area contributed by atoms with Gasteiger partial charge in [0.15, 0.2) is 0 Å². The van der Waals surface area contributed by atoms with E-state index in [2.05, 4.69) is 22.2 Å². The van der Waals surface area contributed by atoms with Crippen molar-refractivity contribution in [3.05, 3.63) is 11.4 Å². The second kappa shape index (κ2) is 5.18. The van der Waals surface area contributed by atoms with Crippen LogP contribution in [0.25, 0.3) is 10.2 Å². The number of nitrogen functional groups attached to an aromatic ring is 1. The Bertz CT molecular complexity index is 614. The summed E-state index contributed by atoms with van der Waals surface area (Å²) in [6, 6.07) is 2.00. The molecule has 2 aromatic rings. The number of aliphatic hydroxyl groups is 1. The molecular weight excluding hydrogens is 272 g/mol. The van der Waals surface area contributed by atoms with Crippen molar-refractivity contribution < 1.29 is 5.11 Å². The highest BCUT2D eigenvalue weighted by atomic mass is 32.1. The molecule has 2 heterocycles. The largest absolute Gasteiger partial charge is 0.394 e. The summed E-state index contributed by atoms with van der Waals surface area (Å²) < 4.78 is 0. The number of nitrogens with two attached hydrogens (primary N) is 1. The van der Waals surface area contributed by atoms with Crippen LogP contribution in [-0.4, -0.2) is 27.2 Å². The van der Waals surface area contributed by atoms with Crippen molar-refractivity contribution in [1.82, 2.24) is 9.97 Å². The van der Waals surface area contributed by atoms with Crippen molar-refractivity contribution in [2.75, 3.05) is 17.7 Å². The normalized spacial score (nSPS) is 26.8. The van der Waals surface area contributed by atoms with Crippen molar-refractivity contribution in [3.63, 3.8) is 0 Å². The topological polar surface area (TPSA) is 84.1 Å². The average Bonchev–Trinajstić information content (AvgIpc) is 2.87. The number of rotatable bonds is 3. The molecule has 5 nitrogen and oxygen atoms in total. The van der Waals surface area contributed by atoms with Crippen LogP contribution in [0.1, 0.15) is 32.6 Å². The molecule has 4 N–H and O–H groups in total. The lowest BCUT2D eigenvalue weighted by Gasteiger charge is -2.39. The molecule has 0 aromatic carbocycles. The van der Waals surface area contributed by atoms with Gasteiger partial charge in [0.1, 0.15) is 10.6 Å². The maximum absolute atomic E-state index is 9.88. The summed E-state index contributed by atoms with van der Waals surface area (Å²) in [6.45, 7) is 2.35. The molecule has 1 fully saturated rings. The van der Waals surface area contributed by atoms with Crippen LogP contribution in [-0.2, 0) is 0 Å². The summed E-state index contributed by atoms with van der Waals surface area (Å²) in [6.07, 6.45) is 4.27. The average molecular weight is 292 g/mol. The maximum atomic E-state index is 9.88. The van der Waals surface area contributed by atoms with Crippen LogP contribution in [0.5, 0.6) is 0 Å². The molecule has 1 saturated carbocycles. The Labute approximate surface area is 122 Å². The Kier molecular flexibility index (Phi) is 3.52. The van der Waals surface area contributed by atoms with E-state index in [4.69, 9.17) is 5.73 Å². The van der Waals surface area contributed by atoms with E-state index in [0.717, 1.165) is 35.3 Å². The lowest BCUT2D eigenvalue weighted by molar-refractivity contribution is 0.149. The zero-order valence-electron chi connectivity index (χ0n) is 11.6. The second-order valence-corrected chi connectivity index (χ2v) is 6.73. The van der Waals surface area contributed by atoms with E-state index in [0.29, 0.717) is 5.92 Å². The number of hydrogen-bond acceptors (Lipinski definition) is 6. The highest BCUT2D eigenvalue weighted by Crippen LogP contribution is 2.36. The molecule has 2 atom stereocenters. The Morgan fingerprint density at radius 2 is 2.40 bits per heavy atom. The summed E-state index contributed by atoms with van der Waals surface area (Å²) in [5.74, 6) is 1.64. The van der Waals surface area contributed by atoms with Crippen LogP contribution in [0.3, 0.4) is 0 Å². The molecule has 20 heavy (non-hydrogen) atoms. The van der Waals surface area contributed by atoms with E-state index < -0.39 is 0 Å². The Balaban J connectivity index is 1.96. The van der Waals surface area contributed by atoms with Crippen molar-refractivity contribution in [2.45, 2.75) is 38.1 Å². The molecule has 3 rings (SSSR count). The Morgan fingerprint density at radius 1 is 1.55 bits per heavy atom. The smallest absolute Gasteiger partial charge is 0.223 e. The highest BCUT2D eigenvalue weighted by molar-refractivity contribution is 7.16. The summed E-state index contributed by atoms with van der Waals surface area (Å²) in [5.41, 5.74) is 5.50. The third kappa shape index (κ3) is 2.45. The number of nitrogens with one attached hydrogen (secondary N) is 1. The van der Waals surface area contributed by atoms with Gasteiger partial charge in [0, 0.05) is 0 Å². The van der Waals surface area contributed by atoms with Gasteiger partial charge in [-0.1, -0.05) is 19.8 Å². The first-order valence-corrected chi connectivity index (χ1v) is 7.90. The first-order valence-electron chi connectivity index (χ1n) is 7.02. The minimum Gasteiger partial charge on any atom is -0.394 e. The number of fused-ring (bicyclic) bond motifs is 1. The van der Waals surface area contributed by atoms with Crippen LogP contribution in [0, 0.1) is 5.92 Å². The van der Waals surface area contributed by atoms with Gasteiger partial charge >= 0.3 is 0 Å². The fourth-order valence-electron chi connectivity index (χ4n) is 3.18. The van der Waals surface area contributed by atoms with E-state index in [1.807, 2.05) is 11.4 Å². The third-order valence-electron chi connectivity index (χ3n) is 4.12. The molecular formula is C14H20N4OS. The minimum absolute atomic E-state index is 0.118. The molecule has 1 aliphatic carbocycles. The fourth-order valence-corrected chi connectivity index (χ4v) is 3.95. The van der Waals surface area contributed by atoms with Crippen molar-refractivity contribution in [1.29, 1.82) is 0 Å². The number of anilines is 2. The molecule has 1 aliphatic rings. The molecule has 0 radical (unpaired) electrons. The fraction of sp³-hybridized carbons (Fsp3) is 0.571. The van der Waals surface area contributed by atoms with Gasteiger partial charge in [0.25, 0.3) is 0 Å². The SMILES string of the molecule is CC1CCCC(CO)(Nc2nc(N)nc3sccc23)C1. The van der Waals surface area contributed by atoms with Gasteiger partial charge in [0.2, 0.25) is 5.95 Å². The molecule has 2 aromatic heterocycles. The van der Waals surface area contributed by atoms with Crippen molar-refractivity contribution in [3.8, 4) is 0 Å². The predicted molar refractivity (Wildman–Crippen MR) is 82.9 cm³/mol. The first-order chi connectivity index (χ1) is 9.62. The van der Waals surface area contributed by atoms with Gasteiger partial charge in [0.05, 0.1) is 17.5 Å². The van der Waals surface area contributed by atoms with Gasteiger partial charge < -0.3 is 16.2 Å². The van der Waals surface area contributed by atoms with E-state index in [1.165, 1.54) is 6.42 Å². The minimum atomic E-state index is -0.284. The van der Waals surface area contributed by atoms with Crippen LogP contribution < -0.4 is 11.1 Å². The number of aromatic nitrogens is 2. The molecule has 0 saturated heterocycles. The summed E-state index contributed by atoms with van der Waals surface area (Å²) in [7, 11) is 0. The second-order valence-electron chi connectivity index (χ2n) is 5.83. The predicted octanol–water partition coefficient (Wildman–Crippen LogP) is 2.63. The first kappa shape index (κ1) is 13.6. The summed E-state index contributed by atoms with van der Waals surface area (Å²) >= 11 is 1.55. The van der Waals surface area contributed by atoms with Gasteiger partial charge in [-0.2, -0.15) is 4.98 Å². The zero-order chi connectivity index (χ0) is 14.2. The summed E-state index contributed by atoms with van der Waals surface area (Å²) in [5, 5.41) is 16.3. The third-order valence-corrected chi connectivity index (χ3v) is 4.93. The Hall–Kier alpha value is -1.40. The lowest BCUT2D eigenvalue weighted by atomic mass is 9.77. The van der Waals surface area contributed by atoms with Crippen LogP contribution >= 0.6 is 11.3 Å². The number of hydrogen-bond donors (Lipinski definition) is 3. The lowest BCUT2D eigenvalue weighted by Crippen LogP contribution is -2.46. The van der Waals surface area contributed by atoms with Crippen LogP contribution in [0.15, 0.2) is 11.4 Å². The molecule has 6 heteroatoms. The molecule has 108 valence electrons. The molecule has 2 unspecified atom stereocenters. The van der Waals surface area contributed by atoms with E-state index in [-0.39, 0.29) is 18.1 Å².